The van der Waals surface area contributed by atoms with Crippen LogP contribution in [0.15, 0.2) is 35.6 Å². The van der Waals surface area contributed by atoms with Gasteiger partial charge < -0.3 is 5.11 Å². The Morgan fingerprint density at radius 1 is 1.10 bits per heavy atom. The highest BCUT2D eigenvalue weighted by molar-refractivity contribution is 5.25. The number of aliphatic hydroxyl groups is 1. The van der Waals surface area contributed by atoms with Crippen LogP contribution in [-0.4, -0.2) is 5.11 Å². The average molecular weight is 138 g/mol. The predicted molar refractivity (Wildman–Crippen MR) is 45.0 cm³/mol. The first kappa shape index (κ1) is 9.02. The van der Waals surface area contributed by atoms with E-state index in [1.54, 1.807) is 6.08 Å². The smallest absolute Gasteiger partial charge is 0.118 e. The zero-order chi connectivity index (χ0) is 7.98. The van der Waals surface area contributed by atoms with Gasteiger partial charge in [0.2, 0.25) is 0 Å². The lowest BCUT2D eigenvalue weighted by atomic mass is 10.2. The van der Waals surface area contributed by atoms with E-state index in [9.17, 15) is 5.11 Å². The minimum Gasteiger partial charge on any atom is -0.508 e. The Kier molecular flexibility index (Phi) is 4.38. The molecule has 0 saturated carbocycles. The van der Waals surface area contributed by atoms with Crippen LogP contribution in [0.2, 0.25) is 0 Å². The Labute approximate surface area is 62.4 Å². The molecule has 0 aromatic carbocycles. The van der Waals surface area contributed by atoms with E-state index in [-0.39, 0.29) is 0 Å². The third-order valence-electron chi connectivity index (χ3n) is 1.15. The fraction of sp³-hybridized carbons (Fsp3) is 0.333. The molecule has 0 aliphatic heterocycles. The van der Waals surface area contributed by atoms with Gasteiger partial charge in [0, 0.05) is 0 Å². The highest BCUT2D eigenvalue weighted by Crippen LogP contribution is 2.02. The molecule has 0 rings (SSSR count). The summed E-state index contributed by atoms with van der Waals surface area (Å²) in [4.78, 5) is 0. The quantitative estimate of drug-likeness (QED) is 0.459. The molecule has 1 N–H and O–H groups in total. The Bertz CT molecular complexity index is 153. The lowest BCUT2D eigenvalue weighted by Gasteiger charge is -1.93. The topological polar surface area (TPSA) is 20.2 Å². The Hall–Kier alpha value is -0.980. The predicted octanol–water partition coefficient (Wildman–Crippen LogP) is 2.97. The van der Waals surface area contributed by atoms with E-state index in [1.807, 2.05) is 39.0 Å². The molecule has 0 heterocycles. The van der Waals surface area contributed by atoms with Gasteiger partial charge in [-0.15, -0.1) is 0 Å². The highest BCUT2D eigenvalue weighted by Gasteiger charge is 1.88. The van der Waals surface area contributed by atoms with Crippen LogP contribution in [0.4, 0.5) is 0 Å². The maximum atomic E-state index is 9.19. The second-order valence-electron chi connectivity index (χ2n) is 2.07. The molecule has 0 atom stereocenters. The van der Waals surface area contributed by atoms with Crippen molar-refractivity contribution in [2.24, 2.45) is 0 Å². The lowest BCUT2D eigenvalue weighted by Crippen LogP contribution is -1.78. The summed E-state index contributed by atoms with van der Waals surface area (Å²) in [7, 11) is 0. The Morgan fingerprint density at radius 3 is 2.00 bits per heavy atom. The first-order valence-corrected chi connectivity index (χ1v) is 3.37. The van der Waals surface area contributed by atoms with Gasteiger partial charge in [-0.1, -0.05) is 18.2 Å². The summed E-state index contributed by atoms with van der Waals surface area (Å²) in [6.45, 7) is 5.67. The van der Waals surface area contributed by atoms with E-state index in [4.69, 9.17) is 0 Å². The third kappa shape index (κ3) is 3.13. The summed E-state index contributed by atoms with van der Waals surface area (Å²) in [6.07, 6.45) is 7.25. The molecule has 0 saturated heterocycles. The second kappa shape index (κ2) is 4.86. The van der Waals surface area contributed by atoms with E-state index in [1.165, 1.54) is 0 Å². The molecule has 0 unspecified atom stereocenters. The first-order chi connectivity index (χ1) is 4.72. The van der Waals surface area contributed by atoms with Gasteiger partial charge in [0.05, 0.1) is 0 Å². The summed E-state index contributed by atoms with van der Waals surface area (Å²) in [6, 6.07) is 0. The van der Waals surface area contributed by atoms with Gasteiger partial charge in [-0.3, -0.25) is 0 Å². The van der Waals surface area contributed by atoms with Crippen LogP contribution in [-0.2, 0) is 0 Å². The number of allylic oxidation sites excluding steroid dienone is 5. The van der Waals surface area contributed by atoms with Crippen LogP contribution in [0.5, 0.6) is 0 Å². The SMILES string of the molecule is C\C=C/C(O)=C(C)\C=C\C. The maximum absolute atomic E-state index is 9.19. The molecule has 1 heteroatoms. The number of hydrogen-bond acceptors (Lipinski definition) is 1. The highest BCUT2D eigenvalue weighted by atomic mass is 16.3. The molecule has 10 heavy (non-hydrogen) atoms. The van der Waals surface area contributed by atoms with Crippen molar-refractivity contribution in [2.45, 2.75) is 20.8 Å². The minimum absolute atomic E-state index is 0.334. The Morgan fingerprint density at radius 2 is 1.60 bits per heavy atom. The van der Waals surface area contributed by atoms with Crippen LogP contribution >= 0.6 is 0 Å². The summed E-state index contributed by atoms with van der Waals surface area (Å²) in [5.74, 6) is 0.334. The van der Waals surface area contributed by atoms with Gasteiger partial charge in [0.1, 0.15) is 5.76 Å². The van der Waals surface area contributed by atoms with Crippen LogP contribution in [0.1, 0.15) is 20.8 Å². The molecular formula is C9H14O. The van der Waals surface area contributed by atoms with Crippen molar-refractivity contribution in [1.29, 1.82) is 0 Å². The molecule has 0 aliphatic rings. The van der Waals surface area contributed by atoms with Gasteiger partial charge >= 0.3 is 0 Å². The number of aliphatic hydroxyl groups excluding tert-OH is 1. The largest absolute Gasteiger partial charge is 0.508 e. The van der Waals surface area contributed by atoms with Crippen molar-refractivity contribution in [1.82, 2.24) is 0 Å². The average Bonchev–Trinajstić information content (AvgIpc) is 1.89. The molecule has 0 fully saturated rings. The number of rotatable bonds is 2. The van der Waals surface area contributed by atoms with Gasteiger partial charge in [-0.05, 0) is 32.4 Å². The third-order valence-corrected chi connectivity index (χ3v) is 1.15. The summed E-state index contributed by atoms with van der Waals surface area (Å²) >= 11 is 0. The van der Waals surface area contributed by atoms with E-state index in [0.717, 1.165) is 5.57 Å². The van der Waals surface area contributed by atoms with E-state index >= 15 is 0 Å². The zero-order valence-electron chi connectivity index (χ0n) is 6.76. The summed E-state index contributed by atoms with van der Waals surface area (Å²) < 4.78 is 0. The first-order valence-electron chi connectivity index (χ1n) is 3.37. The summed E-state index contributed by atoms with van der Waals surface area (Å²) in [5, 5.41) is 9.19. The van der Waals surface area contributed by atoms with E-state index in [0.29, 0.717) is 5.76 Å². The monoisotopic (exact) mass is 138 g/mol. The molecule has 0 aromatic heterocycles. The van der Waals surface area contributed by atoms with E-state index in [2.05, 4.69) is 0 Å². The van der Waals surface area contributed by atoms with Crippen molar-refractivity contribution in [3.8, 4) is 0 Å². The van der Waals surface area contributed by atoms with Crippen molar-refractivity contribution in [2.75, 3.05) is 0 Å². The van der Waals surface area contributed by atoms with Gasteiger partial charge in [-0.25, -0.2) is 0 Å². The second-order valence-corrected chi connectivity index (χ2v) is 2.07. The molecule has 0 spiro atoms. The maximum Gasteiger partial charge on any atom is 0.118 e. The molecule has 0 aliphatic carbocycles. The van der Waals surface area contributed by atoms with Gasteiger partial charge in [0.15, 0.2) is 0 Å². The van der Waals surface area contributed by atoms with Crippen molar-refractivity contribution >= 4 is 0 Å². The molecule has 0 radical (unpaired) electrons. The van der Waals surface area contributed by atoms with Crippen molar-refractivity contribution in [3.63, 3.8) is 0 Å². The number of hydrogen-bond donors (Lipinski definition) is 1. The van der Waals surface area contributed by atoms with Crippen LogP contribution in [0, 0.1) is 0 Å². The van der Waals surface area contributed by atoms with Crippen LogP contribution in [0.3, 0.4) is 0 Å². The fourth-order valence-corrected chi connectivity index (χ4v) is 0.625. The molecule has 0 amide bonds. The van der Waals surface area contributed by atoms with Crippen molar-refractivity contribution in [3.05, 3.63) is 35.6 Å². The zero-order valence-corrected chi connectivity index (χ0v) is 6.76. The van der Waals surface area contributed by atoms with Gasteiger partial charge in [0.25, 0.3) is 0 Å². The minimum atomic E-state index is 0.334. The molecular weight excluding hydrogens is 124 g/mol. The van der Waals surface area contributed by atoms with Gasteiger partial charge in [-0.2, -0.15) is 0 Å². The molecule has 56 valence electrons. The van der Waals surface area contributed by atoms with E-state index < -0.39 is 0 Å². The molecule has 1 nitrogen and oxygen atoms in total. The Balaban J connectivity index is 4.33. The lowest BCUT2D eigenvalue weighted by molar-refractivity contribution is 0.427. The summed E-state index contributed by atoms with van der Waals surface area (Å²) in [5.41, 5.74) is 0.889. The normalized spacial score (nSPS) is 14.7. The van der Waals surface area contributed by atoms with Crippen LogP contribution in [0.25, 0.3) is 0 Å². The molecule has 0 aromatic rings. The standard InChI is InChI=1S/C9H14O/c1-4-6-8(3)9(10)7-5-2/h4-7,10H,1-3H3/b6-4+,7-5-,9-8+. The molecule has 0 bridgehead atoms. The van der Waals surface area contributed by atoms with Crippen molar-refractivity contribution < 1.29 is 5.11 Å². The fourth-order valence-electron chi connectivity index (χ4n) is 0.625. The van der Waals surface area contributed by atoms with Crippen LogP contribution < -0.4 is 0 Å².